The first kappa shape index (κ1) is 17.0. The molecule has 7 heteroatoms. The van der Waals surface area contributed by atoms with E-state index in [1.54, 1.807) is 25.9 Å². The van der Waals surface area contributed by atoms with Crippen LogP contribution in [0.5, 0.6) is 0 Å². The molecular weight excluding hydrogens is 325 g/mol. The van der Waals surface area contributed by atoms with Crippen LogP contribution in [-0.4, -0.2) is 41.1 Å². The zero-order valence-corrected chi connectivity index (χ0v) is 15.0. The van der Waals surface area contributed by atoms with Gasteiger partial charge in [-0.15, -0.1) is 0 Å². The first-order valence-electron chi connectivity index (χ1n) is 8.02. The number of aliphatic imine (C=N–C) groups is 2. The third kappa shape index (κ3) is 3.32. The second-order valence-electron chi connectivity index (χ2n) is 5.97. The number of rotatable bonds is 3. The van der Waals surface area contributed by atoms with Gasteiger partial charge in [0.05, 0.1) is 10.5 Å². The summed E-state index contributed by atoms with van der Waals surface area (Å²) in [4.78, 5) is 11.5. The van der Waals surface area contributed by atoms with Crippen LogP contribution in [0.2, 0.25) is 0 Å². The maximum atomic E-state index is 14.4. The highest BCUT2D eigenvalue weighted by Gasteiger charge is 2.19. The molecule has 0 spiro atoms. The van der Waals surface area contributed by atoms with Crippen LogP contribution in [0.3, 0.4) is 0 Å². The molecule has 1 fully saturated rings. The fourth-order valence-electron chi connectivity index (χ4n) is 2.95. The minimum atomic E-state index is -0.270. The Labute approximate surface area is 145 Å². The predicted octanol–water partition coefficient (Wildman–Crippen LogP) is 3.47. The average Bonchev–Trinajstić information content (AvgIpc) is 3.17. The van der Waals surface area contributed by atoms with Crippen LogP contribution in [0.1, 0.15) is 30.9 Å². The van der Waals surface area contributed by atoms with E-state index in [-0.39, 0.29) is 5.82 Å². The number of aryl methyl sites for hydroxylation is 1. The molecule has 2 aromatic rings. The molecule has 0 saturated carbocycles. The second kappa shape index (κ2) is 6.94. The Morgan fingerprint density at radius 2 is 2.04 bits per heavy atom. The molecule has 3 rings (SSSR count). The summed E-state index contributed by atoms with van der Waals surface area (Å²) in [5.41, 5.74) is 8.18. The maximum absolute atomic E-state index is 14.4. The third-order valence-corrected chi connectivity index (χ3v) is 5.23. The molecule has 0 unspecified atom stereocenters. The van der Waals surface area contributed by atoms with Gasteiger partial charge in [-0.3, -0.25) is 4.99 Å². The van der Waals surface area contributed by atoms with Crippen LogP contribution in [-0.2, 0) is 0 Å². The minimum Gasteiger partial charge on any atom is -0.383 e. The summed E-state index contributed by atoms with van der Waals surface area (Å²) < 4.78 is 16.7. The number of aromatic nitrogens is 1. The van der Waals surface area contributed by atoms with Crippen molar-refractivity contribution in [1.82, 2.24) is 9.29 Å². The highest BCUT2D eigenvalue weighted by Crippen LogP contribution is 2.32. The number of benzene rings is 1. The van der Waals surface area contributed by atoms with Gasteiger partial charge in [0.1, 0.15) is 17.5 Å². The molecule has 0 bridgehead atoms. The van der Waals surface area contributed by atoms with Gasteiger partial charge in [-0.05, 0) is 56.3 Å². The van der Waals surface area contributed by atoms with Crippen molar-refractivity contribution in [3.8, 4) is 0 Å². The number of amidine groups is 2. The van der Waals surface area contributed by atoms with E-state index in [1.807, 2.05) is 13.0 Å². The van der Waals surface area contributed by atoms with E-state index in [1.165, 1.54) is 18.9 Å². The molecular formula is C17H22FN5S. The summed E-state index contributed by atoms with van der Waals surface area (Å²) in [6.45, 7) is 5.75. The maximum Gasteiger partial charge on any atom is 0.147 e. The molecule has 1 saturated heterocycles. The molecule has 1 aromatic carbocycles. The molecule has 2 heterocycles. The highest BCUT2D eigenvalue weighted by atomic mass is 32.2. The molecule has 24 heavy (non-hydrogen) atoms. The Hall–Kier alpha value is -1.86. The van der Waals surface area contributed by atoms with Crippen LogP contribution in [0.25, 0.3) is 10.9 Å². The molecule has 0 atom stereocenters. The number of nitrogens with one attached hydrogen (secondary N) is 1. The SMILES string of the molecule is CN=C(C)N=C(N)c1c(C)cc(F)c2[nH]c(SN3CCCC3)cc12. The largest absolute Gasteiger partial charge is 0.383 e. The molecule has 1 aliphatic heterocycles. The Bertz CT molecular complexity index is 818. The van der Waals surface area contributed by atoms with Gasteiger partial charge in [-0.1, -0.05) is 0 Å². The van der Waals surface area contributed by atoms with E-state index in [9.17, 15) is 4.39 Å². The van der Waals surface area contributed by atoms with Crippen LogP contribution in [0.4, 0.5) is 4.39 Å². The standard InChI is InChI=1S/C17H22FN5S/c1-10-8-13(18)16-12(15(10)17(19)21-11(2)20-3)9-14(22-16)24-23-6-4-5-7-23/h8-9,22H,4-7H2,1-3H3,(H2,19,20,21). The van der Waals surface area contributed by atoms with Gasteiger partial charge in [0.15, 0.2) is 0 Å². The molecule has 0 amide bonds. The Morgan fingerprint density at radius 3 is 2.71 bits per heavy atom. The van der Waals surface area contributed by atoms with E-state index in [0.29, 0.717) is 17.2 Å². The van der Waals surface area contributed by atoms with Crippen LogP contribution in [0.15, 0.2) is 27.1 Å². The number of aromatic amines is 1. The fourth-order valence-corrected chi connectivity index (χ4v) is 3.99. The number of H-pyrrole nitrogens is 1. The highest BCUT2D eigenvalue weighted by molar-refractivity contribution is 7.97. The molecule has 5 nitrogen and oxygen atoms in total. The van der Waals surface area contributed by atoms with E-state index < -0.39 is 0 Å². The predicted molar refractivity (Wildman–Crippen MR) is 99.4 cm³/mol. The molecule has 128 valence electrons. The Balaban J connectivity index is 2.07. The van der Waals surface area contributed by atoms with Crippen molar-refractivity contribution in [2.75, 3.05) is 20.1 Å². The summed E-state index contributed by atoms with van der Waals surface area (Å²) in [7, 11) is 1.67. The van der Waals surface area contributed by atoms with E-state index in [2.05, 4.69) is 19.3 Å². The summed E-state index contributed by atoms with van der Waals surface area (Å²) in [5.74, 6) is 0.678. The smallest absolute Gasteiger partial charge is 0.147 e. The average molecular weight is 347 g/mol. The Kier molecular flexibility index (Phi) is 4.91. The van der Waals surface area contributed by atoms with Gasteiger partial charge in [0, 0.05) is 31.1 Å². The minimum absolute atomic E-state index is 0.270. The first-order chi connectivity index (χ1) is 11.5. The van der Waals surface area contributed by atoms with E-state index in [4.69, 9.17) is 5.73 Å². The molecule has 3 N–H and O–H groups in total. The number of nitrogens with two attached hydrogens (primary N) is 1. The number of hydrogen-bond donors (Lipinski definition) is 2. The van der Waals surface area contributed by atoms with E-state index >= 15 is 0 Å². The monoisotopic (exact) mass is 347 g/mol. The van der Waals surface area contributed by atoms with Gasteiger partial charge < -0.3 is 10.7 Å². The van der Waals surface area contributed by atoms with Crippen LogP contribution in [0, 0.1) is 12.7 Å². The zero-order chi connectivity index (χ0) is 17.3. The van der Waals surface area contributed by atoms with Gasteiger partial charge in [0.2, 0.25) is 0 Å². The Morgan fingerprint density at radius 1 is 1.33 bits per heavy atom. The summed E-state index contributed by atoms with van der Waals surface area (Å²) in [6.07, 6.45) is 2.42. The first-order valence-corrected chi connectivity index (χ1v) is 8.79. The summed E-state index contributed by atoms with van der Waals surface area (Å²) >= 11 is 1.64. The second-order valence-corrected chi connectivity index (χ2v) is 7.11. The van der Waals surface area contributed by atoms with Crippen molar-refractivity contribution in [1.29, 1.82) is 0 Å². The summed E-state index contributed by atoms with van der Waals surface area (Å²) in [5, 5.41) is 1.69. The molecule has 0 aliphatic carbocycles. The number of nitrogens with zero attached hydrogens (tertiary/aromatic N) is 3. The number of fused-ring (bicyclic) bond motifs is 1. The van der Waals surface area contributed by atoms with Crippen LogP contribution >= 0.6 is 11.9 Å². The lowest BCUT2D eigenvalue weighted by atomic mass is 10.0. The third-order valence-electron chi connectivity index (χ3n) is 4.19. The van der Waals surface area contributed by atoms with Crippen LogP contribution < -0.4 is 5.73 Å². The lowest BCUT2D eigenvalue weighted by molar-refractivity contribution is 0.585. The quantitative estimate of drug-likeness (QED) is 0.507. The van der Waals surface area contributed by atoms with Gasteiger partial charge >= 0.3 is 0 Å². The van der Waals surface area contributed by atoms with Crippen molar-refractivity contribution < 1.29 is 4.39 Å². The number of hydrogen-bond acceptors (Lipinski definition) is 3. The van der Waals surface area contributed by atoms with Gasteiger partial charge in [-0.25, -0.2) is 13.7 Å². The van der Waals surface area contributed by atoms with Gasteiger partial charge in [-0.2, -0.15) is 0 Å². The zero-order valence-electron chi connectivity index (χ0n) is 14.2. The van der Waals surface area contributed by atoms with Crippen molar-refractivity contribution in [2.24, 2.45) is 15.7 Å². The lowest BCUT2D eigenvalue weighted by Gasteiger charge is -2.10. The molecule has 1 aromatic heterocycles. The topological polar surface area (TPSA) is 69.8 Å². The molecule has 1 aliphatic rings. The van der Waals surface area contributed by atoms with Crippen molar-refractivity contribution in [3.05, 3.63) is 29.1 Å². The summed E-state index contributed by atoms with van der Waals surface area (Å²) in [6, 6.07) is 3.46. The number of halogens is 1. The van der Waals surface area contributed by atoms with Gasteiger partial charge in [0.25, 0.3) is 0 Å². The molecule has 0 radical (unpaired) electrons. The van der Waals surface area contributed by atoms with Crippen molar-refractivity contribution >= 4 is 34.5 Å². The normalized spacial score (nSPS) is 17.2. The van der Waals surface area contributed by atoms with Crippen molar-refractivity contribution in [3.63, 3.8) is 0 Å². The van der Waals surface area contributed by atoms with E-state index in [0.717, 1.165) is 34.6 Å². The van der Waals surface area contributed by atoms with Crippen molar-refractivity contribution in [2.45, 2.75) is 31.7 Å². The fraction of sp³-hybridized carbons (Fsp3) is 0.412. The lowest BCUT2D eigenvalue weighted by Crippen LogP contribution is -2.17.